The van der Waals surface area contributed by atoms with Crippen LogP contribution in [0.1, 0.15) is 25.0 Å². The third kappa shape index (κ3) is 9.03. The van der Waals surface area contributed by atoms with E-state index in [9.17, 15) is 22.4 Å². The van der Waals surface area contributed by atoms with Gasteiger partial charge in [0, 0.05) is 25.6 Å². The summed E-state index contributed by atoms with van der Waals surface area (Å²) in [4.78, 5) is 29.7. The Bertz CT molecular complexity index is 1890. The number of rotatable bonds is 13. The lowest BCUT2D eigenvalue weighted by Gasteiger charge is -2.34. The van der Waals surface area contributed by atoms with Gasteiger partial charge in [0.2, 0.25) is 11.8 Å². The van der Waals surface area contributed by atoms with Crippen LogP contribution in [-0.4, -0.2) is 57.5 Å². The normalized spacial score (nSPS) is 13.1. The molecule has 1 N–H and O–H groups in total. The molecule has 1 heterocycles. The molecule has 0 bridgehead atoms. The number of carbonyl (C=O) groups excluding carboxylic acids is 2. The fraction of sp³-hybridized carbons (Fsp3) is 0.278. The Morgan fingerprint density at radius 2 is 1.55 bits per heavy atom. The van der Waals surface area contributed by atoms with Crippen LogP contribution < -0.4 is 19.1 Å². The zero-order valence-corrected chi connectivity index (χ0v) is 29.3. The summed E-state index contributed by atoms with van der Waals surface area (Å²) in [5.74, 6) is -0.920. The third-order valence-electron chi connectivity index (χ3n) is 7.79. The lowest BCUT2D eigenvalue weighted by molar-refractivity contribution is -0.140. The van der Waals surface area contributed by atoms with Crippen LogP contribution in [0.2, 0.25) is 10.0 Å². The summed E-state index contributed by atoms with van der Waals surface area (Å²) in [6.07, 6.45) is 0.142. The number of carbonyl (C=O) groups is 2. The second-order valence-corrected chi connectivity index (χ2v) is 14.6. The van der Waals surface area contributed by atoms with Gasteiger partial charge in [0.25, 0.3) is 10.0 Å². The Kier molecular flexibility index (Phi) is 11.7. The molecule has 0 fully saturated rings. The number of ether oxygens (including phenoxy) is 2. The molecule has 1 unspecified atom stereocenters. The molecule has 0 spiro atoms. The van der Waals surface area contributed by atoms with Gasteiger partial charge in [-0.15, -0.1) is 0 Å². The zero-order chi connectivity index (χ0) is 35.1. The molecule has 1 atom stereocenters. The Balaban J connectivity index is 1.58. The molecule has 2 amide bonds. The van der Waals surface area contributed by atoms with Crippen molar-refractivity contribution in [3.63, 3.8) is 0 Å². The van der Waals surface area contributed by atoms with E-state index in [1.54, 1.807) is 18.2 Å². The number of fused-ring (bicyclic) bond motifs is 1. The standard InChI is InChI=1S/C36H36Cl2FN3O6S/c1-24(2)21-40-36(44)32(19-25-6-4-3-5-7-25)41(22-26-8-14-30(37)31(38)18-26)35(43)23-42(28-11-9-27(39)10-12-28)49(45,46)29-13-15-33-34(20-29)48-17-16-47-33/h3-15,18,20,24,32H,16-17,19,21-23H2,1-2H3,(H,40,44). The highest BCUT2D eigenvalue weighted by Crippen LogP contribution is 2.34. The molecule has 1 aliphatic heterocycles. The fourth-order valence-corrected chi connectivity index (χ4v) is 7.01. The van der Waals surface area contributed by atoms with Gasteiger partial charge < -0.3 is 19.7 Å². The topological polar surface area (TPSA) is 105 Å². The predicted molar refractivity (Wildman–Crippen MR) is 187 cm³/mol. The van der Waals surface area contributed by atoms with Gasteiger partial charge in [0.05, 0.1) is 20.6 Å². The van der Waals surface area contributed by atoms with Crippen LogP contribution >= 0.6 is 23.2 Å². The average Bonchev–Trinajstić information content (AvgIpc) is 3.09. The first-order chi connectivity index (χ1) is 23.4. The summed E-state index contributed by atoms with van der Waals surface area (Å²) in [5.41, 5.74) is 1.40. The number of hydrogen-bond donors (Lipinski definition) is 1. The molecule has 0 aromatic heterocycles. The smallest absolute Gasteiger partial charge is 0.264 e. The Hall–Kier alpha value is -4.32. The van der Waals surface area contributed by atoms with E-state index >= 15 is 0 Å². The van der Waals surface area contributed by atoms with E-state index in [1.165, 1.54) is 35.2 Å². The maximum atomic E-state index is 14.6. The van der Waals surface area contributed by atoms with Crippen molar-refractivity contribution in [2.75, 3.05) is 30.6 Å². The maximum absolute atomic E-state index is 14.6. The number of nitrogens with zero attached hydrogens (tertiary/aromatic N) is 2. The molecular formula is C36H36Cl2FN3O6S. The molecule has 258 valence electrons. The third-order valence-corrected chi connectivity index (χ3v) is 10.3. The van der Waals surface area contributed by atoms with Crippen LogP contribution in [0.25, 0.3) is 0 Å². The molecule has 5 rings (SSSR count). The van der Waals surface area contributed by atoms with Crippen LogP contribution in [0.15, 0.2) is 95.9 Å². The lowest BCUT2D eigenvalue weighted by atomic mass is 10.0. The number of sulfonamides is 1. The minimum Gasteiger partial charge on any atom is -0.486 e. The minimum absolute atomic E-state index is 0.0444. The van der Waals surface area contributed by atoms with Crippen molar-refractivity contribution in [1.29, 1.82) is 0 Å². The van der Waals surface area contributed by atoms with Crippen LogP contribution in [0.3, 0.4) is 0 Å². The van der Waals surface area contributed by atoms with E-state index in [0.717, 1.165) is 22.0 Å². The molecular weight excluding hydrogens is 692 g/mol. The van der Waals surface area contributed by atoms with Gasteiger partial charge in [-0.2, -0.15) is 0 Å². The number of amides is 2. The van der Waals surface area contributed by atoms with Crippen LogP contribution in [0.4, 0.5) is 10.1 Å². The van der Waals surface area contributed by atoms with Gasteiger partial charge >= 0.3 is 0 Å². The van der Waals surface area contributed by atoms with E-state index in [-0.39, 0.29) is 46.8 Å². The SMILES string of the molecule is CC(C)CNC(=O)C(Cc1ccccc1)N(Cc1ccc(Cl)c(Cl)c1)C(=O)CN(c1ccc(F)cc1)S(=O)(=O)c1ccc2c(c1)OCCO2. The maximum Gasteiger partial charge on any atom is 0.264 e. The number of benzene rings is 4. The highest BCUT2D eigenvalue weighted by molar-refractivity contribution is 7.92. The first-order valence-corrected chi connectivity index (χ1v) is 17.8. The first kappa shape index (κ1) is 36.0. The molecule has 0 aliphatic carbocycles. The number of halogens is 3. The van der Waals surface area contributed by atoms with E-state index < -0.39 is 40.2 Å². The van der Waals surface area contributed by atoms with Crippen LogP contribution in [0.5, 0.6) is 11.5 Å². The van der Waals surface area contributed by atoms with Crippen LogP contribution in [-0.2, 0) is 32.6 Å². The van der Waals surface area contributed by atoms with Crippen molar-refractivity contribution in [3.8, 4) is 11.5 Å². The summed E-state index contributed by atoms with van der Waals surface area (Å²) in [6, 6.07) is 22.0. The molecule has 0 saturated carbocycles. The zero-order valence-electron chi connectivity index (χ0n) is 26.9. The highest BCUT2D eigenvalue weighted by atomic mass is 35.5. The Labute approximate surface area is 295 Å². The van der Waals surface area contributed by atoms with Gasteiger partial charge in [-0.05, 0) is 65.6 Å². The molecule has 13 heteroatoms. The molecule has 0 radical (unpaired) electrons. The highest BCUT2D eigenvalue weighted by Gasteiger charge is 2.35. The summed E-state index contributed by atoms with van der Waals surface area (Å²) in [7, 11) is -4.45. The van der Waals surface area contributed by atoms with Crippen molar-refractivity contribution < 1.29 is 31.9 Å². The lowest BCUT2D eigenvalue weighted by Crippen LogP contribution is -2.53. The first-order valence-electron chi connectivity index (χ1n) is 15.7. The largest absolute Gasteiger partial charge is 0.486 e. The van der Waals surface area contributed by atoms with Crippen molar-refractivity contribution in [1.82, 2.24) is 10.2 Å². The van der Waals surface area contributed by atoms with Crippen LogP contribution in [0, 0.1) is 11.7 Å². The molecule has 0 saturated heterocycles. The fourth-order valence-electron chi connectivity index (χ4n) is 5.26. The second-order valence-electron chi connectivity index (χ2n) is 11.9. The van der Waals surface area contributed by atoms with Crippen molar-refractivity contribution in [2.24, 2.45) is 5.92 Å². The van der Waals surface area contributed by atoms with Crippen molar-refractivity contribution >= 4 is 50.7 Å². The Morgan fingerprint density at radius 3 is 2.22 bits per heavy atom. The molecule has 49 heavy (non-hydrogen) atoms. The molecule has 9 nitrogen and oxygen atoms in total. The predicted octanol–water partition coefficient (Wildman–Crippen LogP) is 6.51. The van der Waals surface area contributed by atoms with Crippen molar-refractivity contribution in [3.05, 3.63) is 118 Å². The van der Waals surface area contributed by atoms with E-state index in [4.69, 9.17) is 32.7 Å². The number of nitrogens with one attached hydrogen (secondary N) is 1. The Morgan fingerprint density at radius 1 is 0.857 bits per heavy atom. The summed E-state index contributed by atoms with van der Waals surface area (Å²) in [5, 5.41) is 3.51. The second kappa shape index (κ2) is 15.9. The number of hydrogen-bond acceptors (Lipinski definition) is 6. The van der Waals surface area contributed by atoms with Gasteiger partial charge in [0.1, 0.15) is 31.6 Å². The van der Waals surface area contributed by atoms with E-state index in [2.05, 4.69) is 5.32 Å². The minimum atomic E-state index is -4.45. The average molecular weight is 729 g/mol. The van der Waals surface area contributed by atoms with Gasteiger partial charge in [-0.25, -0.2) is 12.8 Å². The molecule has 4 aromatic carbocycles. The summed E-state index contributed by atoms with van der Waals surface area (Å²) in [6.45, 7) is 4.01. The van der Waals surface area contributed by atoms with E-state index in [0.29, 0.717) is 29.5 Å². The number of anilines is 1. The van der Waals surface area contributed by atoms with Gasteiger partial charge in [-0.3, -0.25) is 13.9 Å². The van der Waals surface area contributed by atoms with Crippen molar-refractivity contribution in [2.45, 2.75) is 37.8 Å². The van der Waals surface area contributed by atoms with Gasteiger partial charge in [0.15, 0.2) is 11.5 Å². The monoisotopic (exact) mass is 727 g/mol. The van der Waals surface area contributed by atoms with E-state index in [1.807, 2.05) is 44.2 Å². The summed E-state index contributed by atoms with van der Waals surface area (Å²) < 4.78 is 54.8. The quantitative estimate of drug-likeness (QED) is 0.168. The summed E-state index contributed by atoms with van der Waals surface area (Å²) >= 11 is 12.5. The molecule has 1 aliphatic rings. The van der Waals surface area contributed by atoms with Gasteiger partial charge in [-0.1, -0.05) is 73.4 Å². The molecule has 4 aromatic rings.